The largest absolute Gasteiger partial charge is 0.456 e. The van der Waals surface area contributed by atoms with Crippen LogP contribution in [0, 0.1) is 23.7 Å². The summed E-state index contributed by atoms with van der Waals surface area (Å²) in [6.45, 7) is 0. The van der Waals surface area contributed by atoms with E-state index in [0.717, 1.165) is 57.0 Å². The molecule has 6 aromatic carbocycles. The monoisotopic (exact) mass is 619 g/mol. The Morgan fingerprint density at radius 3 is 1.92 bits per heavy atom. The van der Waals surface area contributed by atoms with Gasteiger partial charge in [0.15, 0.2) is 0 Å². The fourth-order valence-corrected chi connectivity index (χ4v) is 11.0. The third-order valence-corrected chi connectivity index (χ3v) is 12.6. The molecule has 7 aromatic rings. The van der Waals surface area contributed by atoms with Gasteiger partial charge in [0.25, 0.3) is 0 Å². The Balaban J connectivity index is 1.12. The first-order chi connectivity index (χ1) is 23.7. The number of rotatable bonds is 4. The van der Waals surface area contributed by atoms with Crippen LogP contribution in [0.4, 0.5) is 17.1 Å². The zero-order valence-corrected chi connectivity index (χ0v) is 27.0. The molecule has 0 N–H and O–H groups in total. The van der Waals surface area contributed by atoms with Crippen LogP contribution >= 0.6 is 0 Å². The molecule has 4 bridgehead atoms. The van der Waals surface area contributed by atoms with Gasteiger partial charge in [-0.25, -0.2) is 0 Å². The lowest BCUT2D eigenvalue weighted by molar-refractivity contribution is -0.0399. The van der Waals surface area contributed by atoms with Gasteiger partial charge in [-0.05, 0) is 138 Å². The zero-order valence-electron chi connectivity index (χ0n) is 27.0. The summed E-state index contributed by atoms with van der Waals surface area (Å²) in [5.41, 5.74) is 14.1. The highest BCUT2D eigenvalue weighted by Gasteiger charge is 2.61. The van der Waals surface area contributed by atoms with Gasteiger partial charge in [0.2, 0.25) is 0 Å². The predicted molar refractivity (Wildman–Crippen MR) is 197 cm³/mol. The van der Waals surface area contributed by atoms with Gasteiger partial charge in [-0.1, -0.05) is 84.9 Å². The Bertz CT molecular complexity index is 2340. The third kappa shape index (κ3) is 3.69. The number of anilines is 3. The van der Waals surface area contributed by atoms with E-state index >= 15 is 0 Å². The van der Waals surface area contributed by atoms with Crippen LogP contribution in [0.2, 0.25) is 0 Å². The molecule has 2 nitrogen and oxygen atoms in total. The number of para-hydroxylation sites is 2. The molecule has 1 heterocycles. The molecule has 232 valence electrons. The Labute approximate surface area is 281 Å². The molecule has 4 saturated carbocycles. The van der Waals surface area contributed by atoms with Gasteiger partial charge < -0.3 is 9.32 Å². The Hall–Kier alpha value is -5.08. The minimum Gasteiger partial charge on any atom is -0.456 e. The van der Waals surface area contributed by atoms with E-state index in [9.17, 15) is 0 Å². The van der Waals surface area contributed by atoms with Crippen molar-refractivity contribution in [1.29, 1.82) is 0 Å². The average Bonchev–Trinajstić information content (AvgIpc) is 3.64. The van der Waals surface area contributed by atoms with Crippen LogP contribution in [-0.4, -0.2) is 0 Å². The van der Waals surface area contributed by atoms with Crippen LogP contribution in [0.1, 0.15) is 43.2 Å². The SMILES string of the molecule is c1ccc(-c2ccc3c(c2)C2(c4ccc(N(c5ccccc5)c5ccc6c(c5)oc5ccccc56)cc4-3)C3CC4CC(C3)CC2C4)cc1. The van der Waals surface area contributed by atoms with Crippen LogP contribution in [0.15, 0.2) is 144 Å². The number of nitrogens with zero attached hydrogens (tertiary/aromatic N) is 1. The Morgan fingerprint density at radius 2 is 1.12 bits per heavy atom. The molecule has 48 heavy (non-hydrogen) atoms. The summed E-state index contributed by atoms with van der Waals surface area (Å²) in [6.07, 6.45) is 7.01. The normalized spacial score (nSPS) is 24.8. The smallest absolute Gasteiger partial charge is 0.137 e. The van der Waals surface area contributed by atoms with Gasteiger partial charge >= 0.3 is 0 Å². The molecule has 0 atom stereocenters. The number of hydrogen-bond donors (Lipinski definition) is 0. The zero-order chi connectivity index (χ0) is 31.4. The molecule has 0 unspecified atom stereocenters. The Kier molecular flexibility index (Phi) is 5.59. The van der Waals surface area contributed by atoms with Gasteiger partial charge in [-0.3, -0.25) is 0 Å². The lowest BCUT2D eigenvalue weighted by Gasteiger charge is -2.61. The van der Waals surface area contributed by atoms with Crippen molar-refractivity contribution in [1.82, 2.24) is 0 Å². The average molecular weight is 620 g/mol. The summed E-state index contributed by atoms with van der Waals surface area (Å²) in [6, 6.07) is 51.7. The van der Waals surface area contributed by atoms with Gasteiger partial charge in [-0.15, -0.1) is 0 Å². The summed E-state index contributed by atoms with van der Waals surface area (Å²) < 4.78 is 6.39. The van der Waals surface area contributed by atoms with Crippen molar-refractivity contribution in [3.63, 3.8) is 0 Å². The quantitative estimate of drug-likeness (QED) is 0.195. The van der Waals surface area contributed by atoms with E-state index in [-0.39, 0.29) is 5.41 Å². The maximum Gasteiger partial charge on any atom is 0.137 e. The van der Waals surface area contributed by atoms with E-state index in [4.69, 9.17) is 4.42 Å². The molecule has 0 radical (unpaired) electrons. The lowest BCUT2D eigenvalue weighted by Crippen LogP contribution is -2.55. The third-order valence-electron chi connectivity index (χ3n) is 12.6. The molecule has 5 aliphatic rings. The second-order valence-electron chi connectivity index (χ2n) is 15.0. The predicted octanol–water partition coefficient (Wildman–Crippen LogP) is 12.4. The maximum atomic E-state index is 6.39. The fraction of sp³-hybridized carbons (Fsp3) is 0.217. The van der Waals surface area contributed by atoms with Crippen molar-refractivity contribution in [2.24, 2.45) is 23.7 Å². The van der Waals surface area contributed by atoms with E-state index in [1.165, 1.54) is 60.0 Å². The van der Waals surface area contributed by atoms with E-state index in [0.29, 0.717) is 0 Å². The standard InChI is InChI=1S/C46H37NO/c1-3-9-31(10-4-1)32-15-18-38-41-27-36(17-20-42(41)46(43(38)26-32)33-22-29-21-30(24-33)25-34(46)23-29)47(35-11-5-2-6-12-35)37-16-19-40-39-13-7-8-14-44(39)48-45(40)28-37/h1-20,26-30,33-34H,21-25H2. The van der Waals surface area contributed by atoms with Crippen molar-refractivity contribution in [3.8, 4) is 22.3 Å². The van der Waals surface area contributed by atoms with Crippen LogP contribution < -0.4 is 4.90 Å². The molecule has 0 aliphatic heterocycles. The van der Waals surface area contributed by atoms with Crippen LogP contribution in [0.5, 0.6) is 0 Å². The molecular formula is C46H37NO. The first kappa shape index (κ1) is 26.9. The number of furan rings is 1. The Morgan fingerprint density at radius 1 is 0.458 bits per heavy atom. The minimum absolute atomic E-state index is 0.117. The summed E-state index contributed by atoms with van der Waals surface area (Å²) in [5, 5.41) is 2.32. The minimum atomic E-state index is 0.117. The molecule has 5 aliphatic carbocycles. The van der Waals surface area contributed by atoms with E-state index in [1.54, 1.807) is 11.1 Å². The summed E-state index contributed by atoms with van der Waals surface area (Å²) in [4.78, 5) is 2.41. The molecule has 0 amide bonds. The molecular weight excluding hydrogens is 583 g/mol. The highest BCUT2D eigenvalue weighted by Crippen LogP contribution is 2.69. The van der Waals surface area contributed by atoms with E-state index < -0.39 is 0 Å². The second kappa shape index (κ2) is 9.97. The fourth-order valence-electron chi connectivity index (χ4n) is 11.0. The van der Waals surface area contributed by atoms with E-state index in [1.807, 2.05) is 6.07 Å². The molecule has 4 fully saturated rings. The highest BCUT2D eigenvalue weighted by atomic mass is 16.3. The van der Waals surface area contributed by atoms with Gasteiger partial charge in [-0.2, -0.15) is 0 Å². The first-order valence-electron chi connectivity index (χ1n) is 17.9. The molecule has 1 spiro atoms. The van der Waals surface area contributed by atoms with Crippen molar-refractivity contribution in [2.45, 2.75) is 37.5 Å². The van der Waals surface area contributed by atoms with Crippen LogP contribution in [0.3, 0.4) is 0 Å². The molecule has 2 heteroatoms. The molecule has 0 saturated heterocycles. The van der Waals surface area contributed by atoms with Gasteiger partial charge in [0, 0.05) is 39.3 Å². The number of benzene rings is 6. The summed E-state index contributed by atoms with van der Waals surface area (Å²) in [5.74, 6) is 3.30. The van der Waals surface area contributed by atoms with Gasteiger partial charge in [0.1, 0.15) is 11.2 Å². The lowest BCUT2D eigenvalue weighted by atomic mass is 9.43. The van der Waals surface area contributed by atoms with Crippen molar-refractivity contribution in [3.05, 3.63) is 151 Å². The van der Waals surface area contributed by atoms with Gasteiger partial charge in [0.05, 0.1) is 0 Å². The number of hydrogen-bond acceptors (Lipinski definition) is 2. The summed E-state index contributed by atoms with van der Waals surface area (Å²) in [7, 11) is 0. The topological polar surface area (TPSA) is 16.4 Å². The maximum absolute atomic E-state index is 6.39. The van der Waals surface area contributed by atoms with Crippen LogP contribution in [0.25, 0.3) is 44.2 Å². The van der Waals surface area contributed by atoms with Crippen molar-refractivity contribution < 1.29 is 4.42 Å². The van der Waals surface area contributed by atoms with Crippen molar-refractivity contribution in [2.75, 3.05) is 4.90 Å². The van der Waals surface area contributed by atoms with E-state index in [2.05, 4.69) is 138 Å². The second-order valence-corrected chi connectivity index (χ2v) is 15.0. The van der Waals surface area contributed by atoms with Crippen molar-refractivity contribution >= 4 is 39.0 Å². The molecule has 1 aromatic heterocycles. The molecule has 12 rings (SSSR count). The number of fused-ring (bicyclic) bond motifs is 6. The van der Waals surface area contributed by atoms with Crippen LogP contribution in [-0.2, 0) is 5.41 Å². The first-order valence-corrected chi connectivity index (χ1v) is 17.9. The highest BCUT2D eigenvalue weighted by molar-refractivity contribution is 6.06. The summed E-state index contributed by atoms with van der Waals surface area (Å²) >= 11 is 0.